The molecule has 0 spiro atoms. The Morgan fingerprint density at radius 2 is 2.12 bits per heavy atom. The van der Waals surface area contributed by atoms with Crippen molar-refractivity contribution in [2.75, 3.05) is 0 Å². The van der Waals surface area contributed by atoms with Crippen molar-refractivity contribution in [3.63, 3.8) is 0 Å². The summed E-state index contributed by atoms with van der Waals surface area (Å²) in [6.45, 7) is 0. The van der Waals surface area contributed by atoms with E-state index < -0.39 is 10.8 Å². The summed E-state index contributed by atoms with van der Waals surface area (Å²) in [5, 5.41) is 18.8. The number of furan rings is 1. The van der Waals surface area contributed by atoms with Gasteiger partial charge in [-0.2, -0.15) is 10.2 Å². The molecule has 126 valence electrons. The van der Waals surface area contributed by atoms with Crippen LogP contribution in [0.1, 0.15) is 15.9 Å². The number of nitrogens with one attached hydrogen (secondary N) is 1. The summed E-state index contributed by atoms with van der Waals surface area (Å²) in [6.07, 6.45) is 6.03. The van der Waals surface area contributed by atoms with Gasteiger partial charge in [0.05, 0.1) is 12.3 Å². The molecule has 0 aromatic carbocycles. The van der Waals surface area contributed by atoms with Gasteiger partial charge in [-0.25, -0.2) is 5.43 Å². The number of pyridine rings is 1. The molecule has 10 nitrogen and oxygen atoms in total. The number of aryl methyl sites for hydroxylation is 1. The molecule has 0 radical (unpaired) electrons. The van der Waals surface area contributed by atoms with E-state index >= 15 is 0 Å². The van der Waals surface area contributed by atoms with E-state index in [9.17, 15) is 14.9 Å². The molecule has 25 heavy (non-hydrogen) atoms. The third kappa shape index (κ3) is 3.58. The lowest BCUT2D eigenvalue weighted by atomic mass is 10.2. The van der Waals surface area contributed by atoms with Gasteiger partial charge in [0.15, 0.2) is 5.76 Å². The maximum Gasteiger partial charge on any atom is 0.433 e. The zero-order chi connectivity index (χ0) is 17.8. The first-order valence-corrected chi connectivity index (χ1v) is 7.06. The summed E-state index contributed by atoms with van der Waals surface area (Å²) in [4.78, 5) is 25.8. The fourth-order valence-corrected chi connectivity index (χ4v) is 2.07. The molecule has 0 saturated heterocycles. The number of aromatic nitrogens is 3. The average molecular weight is 340 g/mol. The second-order valence-electron chi connectivity index (χ2n) is 4.94. The SMILES string of the molecule is Cn1cc(C=NNC(=O)c2ccncc2)c(-c2ccc([N+](=O)[O-])o2)n1. The van der Waals surface area contributed by atoms with Crippen LogP contribution in [0.25, 0.3) is 11.5 Å². The number of nitrogens with zero attached hydrogens (tertiary/aromatic N) is 5. The number of hydrogen-bond acceptors (Lipinski definition) is 7. The van der Waals surface area contributed by atoms with E-state index in [-0.39, 0.29) is 11.6 Å². The molecular formula is C15H12N6O4. The van der Waals surface area contributed by atoms with Crippen LogP contribution in [0, 0.1) is 10.1 Å². The smallest absolute Gasteiger partial charge is 0.399 e. The van der Waals surface area contributed by atoms with E-state index in [0.717, 1.165) is 0 Å². The molecule has 1 N–H and O–H groups in total. The van der Waals surface area contributed by atoms with Gasteiger partial charge in [-0.1, -0.05) is 0 Å². The van der Waals surface area contributed by atoms with Gasteiger partial charge in [0.1, 0.15) is 10.6 Å². The van der Waals surface area contributed by atoms with Crippen LogP contribution in [0.2, 0.25) is 0 Å². The maximum atomic E-state index is 11.9. The molecule has 0 aliphatic rings. The normalized spacial score (nSPS) is 10.9. The fourth-order valence-electron chi connectivity index (χ4n) is 2.07. The van der Waals surface area contributed by atoms with Crippen molar-refractivity contribution in [2.24, 2.45) is 12.1 Å². The summed E-state index contributed by atoms with van der Waals surface area (Å²) < 4.78 is 6.66. The number of rotatable bonds is 5. The molecule has 0 saturated carbocycles. The topological polar surface area (TPSA) is 128 Å². The average Bonchev–Trinajstić information content (AvgIpc) is 3.22. The second kappa shape index (κ2) is 6.74. The Kier molecular flexibility index (Phi) is 4.33. The van der Waals surface area contributed by atoms with Gasteiger partial charge in [0.2, 0.25) is 0 Å². The van der Waals surface area contributed by atoms with Crippen LogP contribution in [-0.2, 0) is 7.05 Å². The molecular weight excluding hydrogens is 328 g/mol. The van der Waals surface area contributed by atoms with Crippen LogP contribution >= 0.6 is 0 Å². The number of amides is 1. The van der Waals surface area contributed by atoms with Crippen molar-refractivity contribution in [1.29, 1.82) is 0 Å². The monoisotopic (exact) mass is 340 g/mol. The van der Waals surface area contributed by atoms with Crippen molar-refractivity contribution < 1.29 is 14.1 Å². The number of nitro groups is 1. The van der Waals surface area contributed by atoms with E-state index in [1.165, 1.54) is 35.4 Å². The molecule has 10 heteroatoms. The van der Waals surface area contributed by atoms with Crippen molar-refractivity contribution in [3.05, 3.63) is 64.1 Å². The molecule has 0 aliphatic carbocycles. The lowest BCUT2D eigenvalue weighted by molar-refractivity contribution is -0.401. The molecule has 3 rings (SSSR count). The van der Waals surface area contributed by atoms with Crippen molar-refractivity contribution >= 4 is 18.0 Å². The van der Waals surface area contributed by atoms with E-state index in [1.807, 2.05) is 0 Å². The van der Waals surface area contributed by atoms with Crippen molar-refractivity contribution in [2.45, 2.75) is 0 Å². The number of hydrazone groups is 1. The predicted molar refractivity (Wildman–Crippen MR) is 86.9 cm³/mol. The van der Waals surface area contributed by atoms with E-state index in [0.29, 0.717) is 16.8 Å². The quantitative estimate of drug-likeness (QED) is 0.428. The van der Waals surface area contributed by atoms with Gasteiger partial charge in [0.25, 0.3) is 5.91 Å². The molecule has 0 aliphatic heterocycles. The maximum absolute atomic E-state index is 11.9. The largest absolute Gasteiger partial charge is 0.433 e. The van der Waals surface area contributed by atoms with Crippen LogP contribution in [0.4, 0.5) is 5.88 Å². The summed E-state index contributed by atoms with van der Waals surface area (Å²) in [5.74, 6) is -0.540. The molecule has 3 aromatic heterocycles. The van der Waals surface area contributed by atoms with Gasteiger partial charge in [-0.15, -0.1) is 0 Å². The van der Waals surface area contributed by atoms with Crippen LogP contribution in [0.5, 0.6) is 0 Å². The molecule has 3 aromatic rings. The fraction of sp³-hybridized carbons (Fsp3) is 0.0667. The Morgan fingerprint density at radius 1 is 1.36 bits per heavy atom. The molecule has 0 atom stereocenters. The Balaban J connectivity index is 1.78. The number of carbonyl (C=O) groups is 1. The van der Waals surface area contributed by atoms with Gasteiger partial charge in [-0.05, 0) is 18.2 Å². The summed E-state index contributed by atoms with van der Waals surface area (Å²) in [6, 6.07) is 5.81. The predicted octanol–water partition coefficient (Wildman–Crippen LogP) is 1.75. The first-order chi connectivity index (χ1) is 12.0. The zero-order valence-corrected chi connectivity index (χ0v) is 13.0. The van der Waals surface area contributed by atoms with E-state index in [1.54, 1.807) is 25.4 Å². The van der Waals surface area contributed by atoms with Gasteiger partial charge in [0, 0.05) is 36.8 Å². The van der Waals surface area contributed by atoms with Crippen molar-refractivity contribution in [3.8, 4) is 11.5 Å². The highest BCUT2D eigenvalue weighted by Crippen LogP contribution is 2.26. The Hall–Kier alpha value is -3.82. The highest BCUT2D eigenvalue weighted by atomic mass is 16.6. The van der Waals surface area contributed by atoms with E-state index in [4.69, 9.17) is 4.42 Å². The Labute approximate surface area is 140 Å². The van der Waals surface area contributed by atoms with E-state index in [2.05, 4.69) is 20.6 Å². The Bertz CT molecular complexity index is 944. The third-order valence-corrected chi connectivity index (χ3v) is 3.17. The number of carbonyl (C=O) groups excluding carboxylic acids is 1. The summed E-state index contributed by atoms with van der Waals surface area (Å²) >= 11 is 0. The second-order valence-corrected chi connectivity index (χ2v) is 4.94. The first kappa shape index (κ1) is 16.1. The van der Waals surface area contributed by atoms with Gasteiger partial charge < -0.3 is 4.42 Å². The Morgan fingerprint density at radius 3 is 2.80 bits per heavy atom. The minimum atomic E-state index is -0.630. The van der Waals surface area contributed by atoms with Crippen LogP contribution in [0.3, 0.4) is 0 Å². The molecule has 0 bridgehead atoms. The first-order valence-electron chi connectivity index (χ1n) is 7.06. The summed E-state index contributed by atoms with van der Waals surface area (Å²) in [7, 11) is 1.69. The van der Waals surface area contributed by atoms with Gasteiger partial charge in [-0.3, -0.25) is 24.6 Å². The lowest BCUT2D eigenvalue weighted by Crippen LogP contribution is -2.17. The third-order valence-electron chi connectivity index (χ3n) is 3.17. The zero-order valence-electron chi connectivity index (χ0n) is 13.0. The molecule has 1 amide bonds. The highest BCUT2D eigenvalue weighted by Gasteiger charge is 2.17. The standard InChI is InChI=1S/C15H12N6O4/c1-20-9-11(8-17-18-15(22)10-4-6-16-7-5-10)14(19-20)12-2-3-13(25-12)21(23)24/h2-9H,1H3,(H,18,22). The highest BCUT2D eigenvalue weighted by molar-refractivity contribution is 5.95. The lowest BCUT2D eigenvalue weighted by Gasteiger charge is -1.98. The minimum Gasteiger partial charge on any atom is -0.399 e. The molecule has 3 heterocycles. The molecule has 0 fully saturated rings. The number of hydrogen-bond donors (Lipinski definition) is 1. The molecule has 0 unspecified atom stereocenters. The van der Waals surface area contributed by atoms with Crippen LogP contribution in [-0.4, -0.2) is 31.8 Å². The minimum absolute atomic E-state index is 0.231. The van der Waals surface area contributed by atoms with Crippen LogP contribution < -0.4 is 5.43 Å². The van der Waals surface area contributed by atoms with Crippen LogP contribution in [0.15, 0.2) is 52.4 Å². The summed E-state index contributed by atoms with van der Waals surface area (Å²) in [5.41, 5.74) is 3.70. The van der Waals surface area contributed by atoms with Crippen molar-refractivity contribution in [1.82, 2.24) is 20.2 Å². The van der Waals surface area contributed by atoms with Gasteiger partial charge >= 0.3 is 5.88 Å².